The van der Waals surface area contributed by atoms with Crippen molar-refractivity contribution in [2.24, 2.45) is 10.8 Å². The SMILES string of the molecule is CCC(C)(C)C(=O)O.CCCOC(=O)C(C)(C)CC. The van der Waals surface area contributed by atoms with Crippen LogP contribution in [0.1, 0.15) is 67.7 Å². The molecule has 1 N–H and O–H groups in total. The van der Waals surface area contributed by atoms with Crippen LogP contribution in [0.25, 0.3) is 0 Å². The van der Waals surface area contributed by atoms with E-state index in [1.807, 2.05) is 34.6 Å². The summed E-state index contributed by atoms with van der Waals surface area (Å²) in [6, 6.07) is 0. The fourth-order valence-electron chi connectivity index (χ4n) is 0.686. The molecule has 0 bridgehead atoms. The van der Waals surface area contributed by atoms with Gasteiger partial charge in [0.25, 0.3) is 0 Å². The number of carboxylic acids is 1. The Morgan fingerprint density at radius 1 is 0.947 bits per heavy atom. The van der Waals surface area contributed by atoms with E-state index in [0.717, 1.165) is 12.8 Å². The molecular weight excluding hydrogens is 244 g/mol. The Bertz CT molecular complexity index is 280. The molecule has 4 heteroatoms. The van der Waals surface area contributed by atoms with E-state index in [2.05, 4.69) is 0 Å². The van der Waals surface area contributed by atoms with Crippen molar-refractivity contribution in [1.82, 2.24) is 0 Å². The Kier molecular flexibility index (Phi) is 9.54. The average Bonchev–Trinajstić information content (AvgIpc) is 2.36. The number of rotatable bonds is 6. The Morgan fingerprint density at radius 3 is 1.58 bits per heavy atom. The lowest BCUT2D eigenvalue weighted by molar-refractivity contribution is -0.154. The highest BCUT2D eigenvalue weighted by Crippen LogP contribution is 2.21. The van der Waals surface area contributed by atoms with E-state index in [1.165, 1.54) is 0 Å². The van der Waals surface area contributed by atoms with Gasteiger partial charge in [0, 0.05) is 0 Å². The standard InChI is InChI=1S/C9H18O2.C6H12O2/c1-5-7-11-8(10)9(3,4)6-2;1-4-6(2,3)5(7)8/h5-7H2,1-4H3;4H2,1-3H3,(H,7,8). The van der Waals surface area contributed by atoms with E-state index in [0.29, 0.717) is 13.0 Å². The molecule has 0 atom stereocenters. The number of esters is 1. The second-order valence-corrected chi connectivity index (χ2v) is 5.92. The predicted octanol–water partition coefficient (Wildman–Crippen LogP) is 3.88. The summed E-state index contributed by atoms with van der Waals surface area (Å²) in [5.41, 5.74) is -0.852. The smallest absolute Gasteiger partial charge is 0.311 e. The second-order valence-electron chi connectivity index (χ2n) is 5.92. The van der Waals surface area contributed by atoms with Crippen LogP contribution < -0.4 is 0 Å². The van der Waals surface area contributed by atoms with E-state index in [-0.39, 0.29) is 11.4 Å². The van der Waals surface area contributed by atoms with Gasteiger partial charge in [-0.2, -0.15) is 0 Å². The zero-order valence-electron chi connectivity index (χ0n) is 13.5. The fraction of sp³-hybridized carbons (Fsp3) is 0.867. The molecule has 0 saturated carbocycles. The van der Waals surface area contributed by atoms with Crippen LogP contribution in [0.2, 0.25) is 0 Å². The molecular formula is C15H30O4. The molecule has 114 valence electrons. The summed E-state index contributed by atoms with van der Waals surface area (Å²) in [6.45, 7) is 13.6. The molecule has 4 nitrogen and oxygen atoms in total. The van der Waals surface area contributed by atoms with Gasteiger partial charge in [0.05, 0.1) is 17.4 Å². The van der Waals surface area contributed by atoms with Crippen LogP contribution in [-0.2, 0) is 14.3 Å². The molecule has 0 spiro atoms. The number of carboxylic acid groups (broad SMARTS) is 1. The van der Waals surface area contributed by atoms with Crippen molar-refractivity contribution in [1.29, 1.82) is 0 Å². The first-order chi connectivity index (χ1) is 8.55. The maximum absolute atomic E-state index is 11.2. The lowest BCUT2D eigenvalue weighted by atomic mass is 9.91. The monoisotopic (exact) mass is 274 g/mol. The summed E-state index contributed by atoms with van der Waals surface area (Å²) in [7, 11) is 0. The molecule has 0 radical (unpaired) electrons. The molecule has 0 aromatic rings. The van der Waals surface area contributed by atoms with Crippen LogP contribution in [0.4, 0.5) is 0 Å². The molecule has 0 unspecified atom stereocenters. The van der Waals surface area contributed by atoms with Crippen molar-refractivity contribution < 1.29 is 19.4 Å². The van der Waals surface area contributed by atoms with E-state index in [4.69, 9.17) is 9.84 Å². The van der Waals surface area contributed by atoms with Crippen molar-refractivity contribution in [2.45, 2.75) is 67.7 Å². The fourth-order valence-corrected chi connectivity index (χ4v) is 0.686. The normalized spacial score (nSPS) is 11.3. The van der Waals surface area contributed by atoms with Gasteiger partial charge < -0.3 is 9.84 Å². The molecule has 19 heavy (non-hydrogen) atoms. The van der Waals surface area contributed by atoms with E-state index >= 15 is 0 Å². The van der Waals surface area contributed by atoms with Gasteiger partial charge in [-0.15, -0.1) is 0 Å². The van der Waals surface area contributed by atoms with Crippen molar-refractivity contribution in [2.75, 3.05) is 6.61 Å². The van der Waals surface area contributed by atoms with Gasteiger partial charge in [-0.1, -0.05) is 20.8 Å². The molecule has 0 aromatic heterocycles. The number of carbonyl (C=O) groups excluding carboxylic acids is 1. The summed E-state index contributed by atoms with van der Waals surface area (Å²) >= 11 is 0. The summed E-state index contributed by atoms with van der Waals surface area (Å²) in [4.78, 5) is 21.5. The number of hydrogen-bond acceptors (Lipinski definition) is 3. The Hall–Kier alpha value is -1.06. The number of hydrogen-bond donors (Lipinski definition) is 1. The highest BCUT2D eigenvalue weighted by Gasteiger charge is 2.26. The van der Waals surface area contributed by atoms with Crippen LogP contribution in [0.3, 0.4) is 0 Å². The van der Waals surface area contributed by atoms with Crippen molar-refractivity contribution in [3.8, 4) is 0 Å². The van der Waals surface area contributed by atoms with Gasteiger partial charge >= 0.3 is 11.9 Å². The lowest BCUT2D eigenvalue weighted by Gasteiger charge is -2.19. The first-order valence-corrected chi connectivity index (χ1v) is 6.95. The largest absolute Gasteiger partial charge is 0.481 e. The topological polar surface area (TPSA) is 63.6 Å². The third kappa shape index (κ3) is 8.62. The quantitative estimate of drug-likeness (QED) is 0.746. The molecule has 0 amide bonds. The van der Waals surface area contributed by atoms with Crippen LogP contribution in [-0.4, -0.2) is 23.7 Å². The number of carbonyl (C=O) groups is 2. The van der Waals surface area contributed by atoms with E-state index in [1.54, 1.807) is 13.8 Å². The van der Waals surface area contributed by atoms with Gasteiger partial charge in [-0.25, -0.2) is 0 Å². The Morgan fingerprint density at radius 2 is 1.37 bits per heavy atom. The third-order valence-corrected chi connectivity index (χ3v) is 3.34. The molecule has 0 heterocycles. The molecule has 0 aliphatic heterocycles. The van der Waals surface area contributed by atoms with E-state index in [9.17, 15) is 9.59 Å². The minimum Gasteiger partial charge on any atom is -0.481 e. The van der Waals surface area contributed by atoms with Gasteiger partial charge in [0.1, 0.15) is 0 Å². The van der Waals surface area contributed by atoms with Crippen LogP contribution >= 0.6 is 0 Å². The summed E-state index contributed by atoms with van der Waals surface area (Å²) in [5, 5.41) is 8.44. The van der Waals surface area contributed by atoms with Crippen LogP contribution in [0.15, 0.2) is 0 Å². The zero-order valence-corrected chi connectivity index (χ0v) is 13.5. The second kappa shape index (κ2) is 8.94. The van der Waals surface area contributed by atoms with Gasteiger partial charge in [0.2, 0.25) is 0 Å². The van der Waals surface area contributed by atoms with Crippen LogP contribution in [0.5, 0.6) is 0 Å². The number of ether oxygens (including phenoxy) is 1. The van der Waals surface area contributed by atoms with Gasteiger partial charge in [-0.05, 0) is 47.0 Å². The maximum Gasteiger partial charge on any atom is 0.311 e. The van der Waals surface area contributed by atoms with Gasteiger partial charge in [-0.3, -0.25) is 9.59 Å². The number of aliphatic carboxylic acids is 1. The predicted molar refractivity (Wildman–Crippen MR) is 77.0 cm³/mol. The minimum absolute atomic E-state index is 0.0816. The molecule has 0 aromatic carbocycles. The maximum atomic E-state index is 11.2. The summed E-state index contributed by atoms with van der Waals surface area (Å²) in [6.07, 6.45) is 2.41. The van der Waals surface area contributed by atoms with Crippen molar-refractivity contribution in [3.63, 3.8) is 0 Å². The molecule has 0 rings (SSSR count). The van der Waals surface area contributed by atoms with E-state index < -0.39 is 11.4 Å². The van der Waals surface area contributed by atoms with Crippen molar-refractivity contribution >= 4 is 11.9 Å². The molecule has 0 fully saturated rings. The molecule has 0 aliphatic carbocycles. The molecule has 0 saturated heterocycles. The summed E-state index contributed by atoms with van der Waals surface area (Å²) in [5.74, 6) is -0.804. The Labute approximate surface area is 117 Å². The summed E-state index contributed by atoms with van der Waals surface area (Å²) < 4.78 is 5.01. The first kappa shape index (κ1) is 20.3. The van der Waals surface area contributed by atoms with Crippen molar-refractivity contribution in [3.05, 3.63) is 0 Å². The van der Waals surface area contributed by atoms with Crippen LogP contribution in [0, 0.1) is 10.8 Å². The average molecular weight is 274 g/mol. The third-order valence-electron chi connectivity index (χ3n) is 3.34. The minimum atomic E-state index is -0.722. The highest BCUT2D eigenvalue weighted by atomic mass is 16.5. The highest BCUT2D eigenvalue weighted by molar-refractivity contribution is 5.75. The molecule has 0 aliphatic rings. The zero-order chi connectivity index (χ0) is 15.7. The first-order valence-electron chi connectivity index (χ1n) is 6.95. The lowest BCUT2D eigenvalue weighted by Crippen LogP contribution is -2.25. The van der Waals surface area contributed by atoms with Gasteiger partial charge in [0.15, 0.2) is 0 Å². The Balaban J connectivity index is 0.